The fraction of sp³-hybridized carbons (Fsp3) is 0.231. The van der Waals surface area contributed by atoms with Crippen LogP contribution in [0.25, 0.3) is 17.1 Å². The summed E-state index contributed by atoms with van der Waals surface area (Å²) in [4.78, 5) is 28.9. The Morgan fingerprint density at radius 1 is 1.00 bits per heavy atom. The fourth-order valence-electron chi connectivity index (χ4n) is 3.96. The number of halogens is 3. The van der Waals surface area contributed by atoms with Crippen molar-refractivity contribution < 1.29 is 27.5 Å². The standard InChI is InChI=1S/C26H23F3N4O3S2/c1-13-20(24(35)36-4)14(2)30-21(13)22(34)15(3)37-26-32-31-23(16-5-7-17(27)8-6-16)33(26)18-9-11-19(12-10-18)38-25(28)29/h5-12,15,25,30H,1-4H3/t15-/m1/s1. The molecule has 38 heavy (non-hydrogen) atoms. The van der Waals surface area contributed by atoms with Crippen LogP contribution in [0.4, 0.5) is 13.2 Å². The average Bonchev–Trinajstić information content (AvgIpc) is 3.43. The number of thioether (sulfide) groups is 2. The molecule has 0 unspecified atom stereocenters. The number of ether oxygens (including phenoxy) is 1. The van der Waals surface area contributed by atoms with Gasteiger partial charge < -0.3 is 9.72 Å². The number of hydrogen-bond donors (Lipinski definition) is 1. The summed E-state index contributed by atoms with van der Waals surface area (Å²) in [5.41, 5.74) is 2.78. The molecule has 4 aromatic rings. The zero-order valence-electron chi connectivity index (χ0n) is 20.8. The van der Waals surface area contributed by atoms with E-state index in [2.05, 4.69) is 15.2 Å². The van der Waals surface area contributed by atoms with Crippen LogP contribution >= 0.6 is 23.5 Å². The summed E-state index contributed by atoms with van der Waals surface area (Å²) in [6.07, 6.45) is 0. The molecule has 198 valence electrons. The van der Waals surface area contributed by atoms with E-state index in [9.17, 15) is 22.8 Å². The number of alkyl halides is 2. The fourth-order valence-corrected chi connectivity index (χ4v) is 5.39. The molecule has 2 aromatic heterocycles. The van der Waals surface area contributed by atoms with Gasteiger partial charge in [0, 0.05) is 21.8 Å². The van der Waals surface area contributed by atoms with Gasteiger partial charge in [0.2, 0.25) is 0 Å². The number of hydrogen-bond acceptors (Lipinski definition) is 7. The number of ketones is 1. The quantitative estimate of drug-likeness (QED) is 0.142. The molecule has 1 atom stereocenters. The van der Waals surface area contributed by atoms with Gasteiger partial charge in [-0.15, -0.1) is 10.2 Å². The smallest absolute Gasteiger partial charge is 0.339 e. The van der Waals surface area contributed by atoms with Crippen LogP contribution in [0.5, 0.6) is 0 Å². The summed E-state index contributed by atoms with van der Waals surface area (Å²) in [6, 6.07) is 12.1. The monoisotopic (exact) mass is 560 g/mol. The molecule has 2 heterocycles. The van der Waals surface area contributed by atoms with Crippen LogP contribution in [-0.4, -0.2) is 49.6 Å². The van der Waals surface area contributed by atoms with E-state index in [4.69, 9.17) is 4.74 Å². The Balaban J connectivity index is 1.71. The lowest BCUT2D eigenvalue weighted by molar-refractivity contribution is 0.0599. The molecule has 0 amide bonds. The highest BCUT2D eigenvalue weighted by Gasteiger charge is 2.28. The summed E-state index contributed by atoms with van der Waals surface area (Å²) < 4.78 is 45.7. The van der Waals surface area contributed by atoms with E-state index >= 15 is 0 Å². The highest BCUT2D eigenvalue weighted by Crippen LogP contribution is 2.33. The van der Waals surface area contributed by atoms with Crippen LogP contribution in [0.1, 0.15) is 39.0 Å². The molecule has 0 saturated carbocycles. The summed E-state index contributed by atoms with van der Waals surface area (Å²) in [5, 5.41) is 8.29. The van der Waals surface area contributed by atoms with E-state index in [1.54, 1.807) is 61.7 Å². The van der Waals surface area contributed by atoms with Gasteiger partial charge in [-0.2, -0.15) is 8.78 Å². The van der Waals surface area contributed by atoms with Crippen molar-refractivity contribution in [2.75, 3.05) is 7.11 Å². The van der Waals surface area contributed by atoms with Crippen LogP contribution in [0.3, 0.4) is 0 Å². The maximum Gasteiger partial charge on any atom is 0.339 e. The van der Waals surface area contributed by atoms with Crippen LogP contribution < -0.4 is 0 Å². The number of methoxy groups -OCH3 is 1. The van der Waals surface area contributed by atoms with Crippen LogP contribution in [-0.2, 0) is 4.74 Å². The molecule has 0 saturated heterocycles. The largest absolute Gasteiger partial charge is 0.465 e. The molecular weight excluding hydrogens is 537 g/mol. The minimum Gasteiger partial charge on any atom is -0.465 e. The number of benzene rings is 2. The zero-order chi connectivity index (χ0) is 27.6. The Morgan fingerprint density at radius 3 is 2.26 bits per heavy atom. The minimum atomic E-state index is -2.55. The number of carbonyl (C=O) groups is 2. The lowest BCUT2D eigenvalue weighted by atomic mass is 10.1. The van der Waals surface area contributed by atoms with Crippen LogP contribution in [0, 0.1) is 19.7 Å². The Bertz CT molecular complexity index is 1470. The van der Waals surface area contributed by atoms with Crippen molar-refractivity contribution >= 4 is 35.3 Å². The number of nitrogens with zero attached hydrogens (tertiary/aromatic N) is 3. The number of rotatable bonds is 9. The molecule has 2 aromatic carbocycles. The number of carbonyl (C=O) groups excluding carboxylic acids is 2. The summed E-state index contributed by atoms with van der Waals surface area (Å²) in [5.74, 6) is -3.37. The Kier molecular flexibility index (Phi) is 8.32. The second-order valence-corrected chi connectivity index (χ2v) is 10.6. The van der Waals surface area contributed by atoms with Crippen molar-refractivity contribution in [1.29, 1.82) is 0 Å². The van der Waals surface area contributed by atoms with Crippen LogP contribution in [0.2, 0.25) is 0 Å². The van der Waals surface area contributed by atoms with Gasteiger partial charge in [0.05, 0.1) is 23.6 Å². The van der Waals surface area contributed by atoms with Gasteiger partial charge in [0.1, 0.15) is 5.82 Å². The van der Waals surface area contributed by atoms with E-state index in [-0.39, 0.29) is 5.78 Å². The lowest BCUT2D eigenvalue weighted by Crippen LogP contribution is -2.16. The first-order valence-electron chi connectivity index (χ1n) is 11.4. The molecule has 4 rings (SSSR count). The van der Waals surface area contributed by atoms with Gasteiger partial charge in [0.15, 0.2) is 16.8 Å². The number of aromatic nitrogens is 4. The second-order valence-electron chi connectivity index (χ2n) is 8.26. The zero-order valence-corrected chi connectivity index (χ0v) is 22.4. The number of Topliss-reactive ketones (excluding diaryl/α,β-unsaturated/α-hetero) is 1. The molecule has 0 radical (unpaired) electrons. The van der Waals surface area contributed by atoms with Crippen molar-refractivity contribution in [1.82, 2.24) is 19.7 Å². The van der Waals surface area contributed by atoms with Crippen LogP contribution in [0.15, 0.2) is 58.6 Å². The van der Waals surface area contributed by atoms with Crippen molar-refractivity contribution in [3.63, 3.8) is 0 Å². The Hall–Kier alpha value is -3.51. The summed E-state index contributed by atoms with van der Waals surface area (Å²) in [7, 11) is 1.28. The Labute approximate surface area is 225 Å². The second kappa shape index (κ2) is 11.5. The first-order chi connectivity index (χ1) is 18.1. The Morgan fingerprint density at radius 2 is 1.66 bits per heavy atom. The third kappa shape index (κ3) is 5.65. The molecule has 0 bridgehead atoms. The van der Waals surface area contributed by atoms with Crippen molar-refractivity contribution in [2.45, 2.75) is 41.8 Å². The molecule has 0 fully saturated rings. The third-order valence-electron chi connectivity index (χ3n) is 5.78. The number of esters is 1. The number of aromatic amines is 1. The molecule has 7 nitrogen and oxygen atoms in total. The van der Waals surface area contributed by atoms with Crippen molar-refractivity contribution in [2.24, 2.45) is 0 Å². The van der Waals surface area contributed by atoms with Gasteiger partial charge >= 0.3 is 5.97 Å². The molecule has 0 aliphatic rings. The third-order valence-corrected chi connectivity index (χ3v) is 7.55. The molecular formula is C26H23F3N4O3S2. The maximum absolute atomic E-state index is 13.6. The average molecular weight is 561 g/mol. The SMILES string of the molecule is COC(=O)c1c(C)[nH]c(C(=O)[C@@H](C)Sc2nnc(-c3ccc(F)cc3)n2-c2ccc(SC(F)F)cc2)c1C. The van der Waals surface area contributed by atoms with Gasteiger partial charge in [-0.1, -0.05) is 23.5 Å². The number of aryl methyl sites for hydroxylation is 1. The first-order valence-corrected chi connectivity index (χ1v) is 13.1. The predicted octanol–water partition coefficient (Wildman–Crippen LogP) is 6.48. The molecule has 0 spiro atoms. The predicted molar refractivity (Wildman–Crippen MR) is 140 cm³/mol. The van der Waals surface area contributed by atoms with Crippen molar-refractivity contribution in [3.8, 4) is 17.1 Å². The molecule has 12 heteroatoms. The maximum atomic E-state index is 13.6. The van der Waals surface area contributed by atoms with E-state index in [1.807, 2.05) is 0 Å². The first kappa shape index (κ1) is 27.5. The lowest BCUT2D eigenvalue weighted by Gasteiger charge is -2.14. The number of nitrogens with one attached hydrogen (secondary N) is 1. The van der Waals surface area contributed by atoms with E-state index in [0.717, 1.165) is 11.8 Å². The highest BCUT2D eigenvalue weighted by atomic mass is 32.2. The summed E-state index contributed by atoms with van der Waals surface area (Å²) >= 11 is 1.57. The summed E-state index contributed by atoms with van der Waals surface area (Å²) in [6.45, 7) is 5.07. The molecule has 0 aliphatic carbocycles. The van der Waals surface area contributed by atoms with Gasteiger partial charge in [-0.25, -0.2) is 9.18 Å². The van der Waals surface area contributed by atoms with E-state index < -0.39 is 22.8 Å². The normalized spacial score (nSPS) is 12.1. The van der Waals surface area contributed by atoms with E-state index in [0.29, 0.717) is 61.4 Å². The minimum absolute atomic E-state index is 0.257. The van der Waals surface area contributed by atoms with Crippen molar-refractivity contribution in [3.05, 3.63) is 76.9 Å². The molecule has 1 N–H and O–H groups in total. The van der Waals surface area contributed by atoms with Gasteiger partial charge in [0.25, 0.3) is 5.76 Å². The van der Waals surface area contributed by atoms with E-state index in [1.165, 1.54) is 19.2 Å². The molecule has 0 aliphatic heterocycles. The van der Waals surface area contributed by atoms with Gasteiger partial charge in [-0.05, 0) is 74.9 Å². The van der Waals surface area contributed by atoms with Gasteiger partial charge in [-0.3, -0.25) is 9.36 Å². The highest BCUT2D eigenvalue weighted by molar-refractivity contribution is 8.00. The number of H-pyrrole nitrogens is 1. The topological polar surface area (TPSA) is 89.9 Å².